The van der Waals surface area contributed by atoms with E-state index >= 15 is 0 Å². The number of nitriles is 1. The van der Waals surface area contributed by atoms with Crippen LogP contribution in [0.5, 0.6) is 11.5 Å². The number of aromatic amines is 1. The molecule has 0 aliphatic carbocycles. The normalized spacial score (nSPS) is 11.6. The van der Waals surface area contributed by atoms with Crippen LogP contribution in [0.3, 0.4) is 0 Å². The summed E-state index contributed by atoms with van der Waals surface area (Å²) < 4.78 is 11.3. The van der Waals surface area contributed by atoms with Gasteiger partial charge in [0.2, 0.25) is 0 Å². The molecule has 30 heavy (non-hydrogen) atoms. The van der Waals surface area contributed by atoms with Gasteiger partial charge in [0, 0.05) is 35.1 Å². The number of H-pyrrole nitrogens is 1. The Kier molecular flexibility index (Phi) is 5.53. The minimum Gasteiger partial charge on any atom is -0.493 e. The zero-order chi connectivity index (χ0) is 20.9. The van der Waals surface area contributed by atoms with Crippen LogP contribution in [0.15, 0.2) is 67.0 Å². The number of rotatable bonds is 7. The highest BCUT2D eigenvalue weighted by Crippen LogP contribution is 2.40. The fraction of sp³-hybridized carbons (Fsp3) is 0.167. The molecule has 2 N–H and O–H groups in total. The first-order valence-corrected chi connectivity index (χ1v) is 9.62. The molecule has 1 atom stereocenters. The lowest BCUT2D eigenvalue weighted by molar-refractivity contribution is 0.350. The molecular formula is C24H22N4O2. The van der Waals surface area contributed by atoms with Crippen molar-refractivity contribution in [3.63, 3.8) is 0 Å². The minimum absolute atomic E-state index is 0.0122. The predicted molar refractivity (Wildman–Crippen MR) is 117 cm³/mol. The average molecular weight is 398 g/mol. The van der Waals surface area contributed by atoms with Crippen LogP contribution < -0.4 is 14.8 Å². The number of fused-ring (bicyclic) bond motifs is 1. The highest BCUT2D eigenvalue weighted by atomic mass is 16.5. The third kappa shape index (κ3) is 3.65. The molecule has 0 aliphatic heterocycles. The molecule has 6 heteroatoms. The van der Waals surface area contributed by atoms with E-state index in [-0.39, 0.29) is 5.92 Å². The number of para-hydroxylation sites is 2. The Hall–Kier alpha value is -3.98. The Morgan fingerprint density at radius 3 is 2.63 bits per heavy atom. The average Bonchev–Trinajstić information content (AvgIpc) is 3.23. The number of anilines is 1. The van der Waals surface area contributed by atoms with Crippen LogP contribution in [-0.2, 0) is 0 Å². The number of methoxy groups -OCH3 is 2. The monoisotopic (exact) mass is 398 g/mol. The van der Waals surface area contributed by atoms with Gasteiger partial charge >= 0.3 is 0 Å². The van der Waals surface area contributed by atoms with Gasteiger partial charge < -0.3 is 19.8 Å². The van der Waals surface area contributed by atoms with Crippen molar-refractivity contribution in [3.8, 4) is 17.6 Å². The second kappa shape index (κ2) is 8.58. The summed E-state index contributed by atoms with van der Waals surface area (Å²) in [6.07, 6.45) is 3.72. The van der Waals surface area contributed by atoms with E-state index in [4.69, 9.17) is 14.7 Å². The van der Waals surface area contributed by atoms with Crippen molar-refractivity contribution in [1.82, 2.24) is 9.97 Å². The number of hydrogen-bond donors (Lipinski definition) is 2. The fourth-order valence-corrected chi connectivity index (χ4v) is 3.74. The van der Waals surface area contributed by atoms with Crippen LogP contribution in [0.2, 0.25) is 0 Å². The Morgan fingerprint density at radius 1 is 1.03 bits per heavy atom. The summed E-state index contributed by atoms with van der Waals surface area (Å²) in [6.45, 7) is 0.610. The molecule has 0 aliphatic rings. The van der Waals surface area contributed by atoms with Gasteiger partial charge in [-0.2, -0.15) is 5.26 Å². The molecule has 0 radical (unpaired) electrons. The highest BCUT2D eigenvalue weighted by Gasteiger charge is 2.23. The maximum atomic E-state index is 8.97. The zero-order valence-corrected chi connectivity index (χ0v) is 16.8. The number of nitrogens with zero attached hydrogens (tertiary/aromatic N) is 2. The van der Waals surface area contributed by atoms with Gasteiger partial charge in [0.15, 0.2) is 11.5 Å². The van der Waals surface area contributed by atoms with Crippen LogP contribution >= 0.6 is 0 Å². The SMILES string of the molecule is COc1cccc(C(CNc2ccc(C#N)nc2)c2c[nH]c3ccccc23)c1OC. The topological polar surface area (TPSA) is 83.0 Å². The smallest absolute Gasteiger partial charge is 0.164 e. The molecule has 150 valence electrons. The zero-order valence-electron chi connectivity index (χ0n) is 16.8. The number of nitrogens with one attached hydrogen (secondary N) is 2. The lowest BCUT2D eigenvalue weighted by Crippen LogP contribution is -2.15. The number of benzene rings is 2. The number of ether oxygens (including phenoxy) is 2. The van der Waals surface area contributed by atoms with E-state index in [1.165, 1.54) is 0 Å². The van der Waals surface area contributed by atoms with Crippen LogP contribution in [0.25, 0.3) is 10.9 Å². The molecule has 6 nitrogen and oxygen atoms in total. The van der Waals surface area contributed by atoms with Crippen molar-refractivity contribution in [2.24, 2.45) is 0 Å². The summed E-state index contributed by atoms with van der Waals surface area (Å²) in [5, 5.41) is 13.6. The summed E-state index contributed by atoms with van der Waals surface area (Å²) in [6, 6.07) is 19.8. The lowest BCUT2D eigenvalue weighted by Gasteiger charge is -2.22. The second-order valence-corrected chi connectivity index (χ2v) is 6.85. The predicted octanol–water partition coefficient (Wildman–Crippen LogP) is 4.70. The summed E-state index contributed by atoms with van der Waals surface area (Å²) in [4.78, 5) is 7.52. The third-order valence-corrected chi connectivity index (χ3v) is 5.19. The van der Waals surface area contributed by atoms with E-state index in [0.29, 0.717) is 18.0 Å². The molecular weight excluding hydrogens is 376 g/mol. The van der Waals surface area contributed by atoms with E-state index < -0.39 is 0 Å². The Bertz CT molecular complexity index is 1190. The van der Waals surface area contributed by atoms with Crippen molar-refractivity contribution in [1.29, 1.82) is 5.26 Å². The summed E-state index contributed by atoms with van der Waals surface area (Å²) in [7, 11) is 3.30. The van der Waals surface area contributed by atoms with E-state index in [2.05, 4.69) is 33.5 Å². The maximum Gasteiger partial charge on any atom is 0.164 e. The summed E-state index contributed by atoms with van der Waals surface area (Å²) in [5.41, 5.74) is 4.50. The third-order valence-electron chi connectivity index (χ3n) is 5.19. The first kappa shape index (κ1) is 19.3. The summed E-state index contributed by atoms with van der Waals surface area (Å²) in [5.74, 6) is 1.40. The quantitative estimate of drug-likeness (QED) is 0.472. The van der Waals surface area contributed by atoms with Crippen molar-refractivity contribution in [2.75, 3.05) is 26.1 Å². The molecule has 0 fully saturated rings. The molecule has 1 unspecified atom stereocenters. The van der Waals surface area contributed by atoms with E-state index in [1.54, 1.807) is 26.5 Å². The summed E-state index contributed by atoms with van der Waals surface area (Å²) >= 11 is 0. The van der Waals surface area contributed by atoms with Gasteiger partial charge in [-0.25, -0.2) is 4.98 Å². The Labute approximate surface area is 175 Å². The van der Waals surface area contributed by atoms with Gasteiger partial charge in [0.25, 0.3) is 0 Å². The van der Waals surface area contributed by atoms with Gasteiger partial charge in [-0.05, 0) is 29.8 Å². The van der Waals surface area contributed by atoms with Crippen molar-refractivity contribution in [3.05, 3.63) is 83.8 Å². The molecule has 0 saturated carbocycles. The number of pyridine rings is 1. The molecule has 4 aromatic rings. The van der Waals surface area contributed by atoms with E-state index in [9.17, 15) is 0 Å². The van der Waals surface area contributed by atoms with Crippen molar-refractivity contribution in [2.45, 2.75) is 5.92 Å². The molecule has 0 saturated heterocycles. The number of hydrogen-bond acceptors (Lipinski definition) is 5. The largest absolute Gasteiger partial charge is 0.493 e. The van der Waals surface area contributed by atoms with Gasteiger partial charge in [0.1, 0.15) is 11.8 Å². The van der Waals surface area contributed by atoms with Crippen molar-refractivity contribution >= 4 is 16.6 Å². The van der Waals surface area contributed by atoms with Crippen LogP contribution in [0.1, 0.15) is 22.7 Å². The molecule has 0 spiro atoms. The Morgan fingerprint density at radius 2 is 1.90 bits per heavy atom. The standard InChI is InChI=1S/C24H22N4O2/c1-29-23-9-5-7-19(24(23)30-2)21(14-27-17-11-10-16(12-25)26-13-17)20-15-28-22-8-4-3-6-18(20)22/h3-11,13,15,21,27-28H,14H2,1-2H3. The molecule has 0 amide bonds. The molecule has 2 aromatic heterocycles. The van der Waals surface area contributed by atoms with Crippen LogP contribution in [0.4, 0.5) is 5.69 Å². The molecule has 2 heterocycles. The van der Waals surface area contributed by atoms with E-state index in [0.717, 1.165) is 33.5 Å². The molecule has 4 rings (SSSR count). The van der Waals surface area contributed by atoms with Crippen LogP contribution in [-0.4, -0.2) is 30.7 Å². The minimum atomic E-state index is -0.0122. The van der Waals surface area contributed by atoms with Gasteiger partial charge in [-0.1, -0.05) is 30.3 Å². The Balaban J connectivity index is 1.76. The van der Waals surface area contributed by atoms with E-state index in [1.807, 2.05) is 42.6 Å². The highest BCUT2D eigenvalue weighted by molar-refractivity contribution is 5.84. The van der Waals surface area contributed by atoms with Gasteiger partial charge in [0.05, 0.1) is 26.1 Å². The second-order valence-electron chi connectivity index (χ2n) is 6.85. The first-order chi connectivity index (χ1) is 14.7. The van der Waals surface area contributed by atoms with Gasteiger partial charge in [-0.15, -0.1) is 0 Å². The first-order valence-electron chi connectivity index (χ1n) is 9.62. The maximum absolute atomic E-state index is 8.97. The van der Waals surface area contributed by atoms with Crippen LogP contribution in [0, 0.1) is 11.3 Å². The van der Waals surface area contributed by atoms with Crippen molar-refractivity contribution < 1.29 is 9.47 Å². The molecule has 0 bridgehead atoms. The molecule has 2 aromatic carbocycles. The number of aromatic nitrogens is 2. The fourth-order valence-electron chi connectivity index (χ4n) is 3.74. The van der Waals surface area contributed by atoms with Gasteiger partial charge in [-0.3, -0.25) is 0 Å². The lowest BCUT2D eigenvalue weighted by atomic mass is 9.89.